The first kappa shape index (κ1) is 13.2. The highest BCUT2D eigenvalue weighted by atomic mass is 32.2. The van der Waals surface area contributed by atoms with Crippen molar-refractivity contribution in [2.45, 2.75) is 24.3 Å². The van der Waals surface area contributed by atoms with Crippen molar-refractivity contribution in [2.24, 2.45) is 0 Å². The molecule has 0 aliphatic carbocycles. The van der Waals surface area contributed by atoms with E-state index in [4.69, 9.17) is 10.2 Å². The lowest BCUT2D eigenvalue weighted by molar-refractivity contribution is 0.0928. The molecule has 90 valence electrons. The molecule has 0 bridgehead atoms. The lowest BCUT2D eigenvalue weighted by Gasteiger charge is -2.09. The zero-order valence-electron chi connectivity index (χ0n) is 9.13. The summed E-state index contributed by atoms with van der Waals surface area (Å²) in [4.78, 5) is 0.292. The van der Waals surface area contributed by atoms with Gasteiger partial charge in [-0.1, -0.05) is 18.2 Å². The van der Waals surface area contributed by atoms with E-state index in [-0.39, 0.29) is 12.2 Å². The third-order valence-corrected chi connectivity index (χ3v) is 4.26. The third-order valence-electron chi connectivity index (χ3n) is 2.36. The van der Waals surface area contributed by atoms with Crippen molar-refractivity contribution in [1.29, 1.82) is 0 Å². The Morgan fingerprint density at radius 2 is 1.94 bits per heavy atom. The lowest BCUT2D eigenvalue weighted by atomic mass is 10.2. The summed E-state index contributed by atoms with van der Waals surface area (Å²) in [6.07, 6.45) is -0.925. The summed E-state index contributed by atoms with van der Waals surface area (Å²) >= 11 is 0. The standard InChI is InChI=1S/C11H16O4S/c1-9-4-2-3-5-11(9)16(14,15)7-6-10(13)8-12/h2-5,10,12-13H,6-8H2,1H3. The molecule has 0 saturated heterocycles. The van der Waals surface area contributed by atoms with Crippen LogP contribution in [-0.2, 0) is 9.84 Å². The van der Waals surface area contributed by atoms with Gasteiger partial charge in [0.1, 0.15) is 0 Å². The Bertz CT molecular complexity index is 439. The van der Waals surface area contributed by atoms with Crippen LogP contribution in [0.4, 0.5) is 0 Å². The van der Waals surface area contributed by atoms with Gasteiger partial charge >= 0.3 is 0 Å². The van der Waals surface area contributed by atoms with Crippen LogP contribution in [0.15, 0.2) is 29.2 Å². The van der Waals surface area contributed by atoms with Gasteiger partial charge in [-0.05, 0) is 25.0 Å². The average molecular weight is 244 g/mol. The molecule has 5 heteroatoms. The van der Waals surface area contributed by atoms with Gasteiger partial charge in [0, 0.05) is 0 Å². The number of rotatable bonds is 5. The highest BCUT2D eigenvalue weighted by Crippen LogP contribution is 2.16. The Labute approximate surface area is 95.5 Å². The molecule has 0 spiro atoms. The lowest BCUT2D eigenvalue weighted by Crippen LogP contribution is -2.18. The smallest absolute Gasteiger partial charge is 0.178 e. The Morgan fingerprint density at radius 1 is 1.31 bits per heavy atom. The van der Waals surface area contributed by atoms with Crippen molar-refractivity contribution in [2.75, 3.05) is 12.4 Å². The molecule has 0 aliphatic rings. The van der Waals surface area contributed by atoms with E-state index in [2.05, 4.69) is 0 Å². The van der Waals surface area contributed by atoms with Crippen LogP contribution in [0.3, 0.4) is 0 Å². The van der Waals surface area contributed by atoms with E-state index in [0.29, 0.717) is 10.5 Å². The zero-order chi connectivity index (χ0) is 12.2. The highest BCUT2D eigenvalue weighted by Gasteiger charge is 2.17. The normalized spacial score (nSPS) is 13.7. The van der Waals surface area contributed by atoms with E-state index in [1.165, 1.54) is 0 Å². The SMILES string of the molecule is Cc1ccccc1S(=O)(=O)CCC(O)CO. The molecule has 0 aliphatic heterocycles. The summed E-state index contributed by atoms with van der Waals surface area (Å²) in [6.45, 7) is 1.32. The maximum absolute atomic E-state index is 11.9. The topological polar surface area (TPSA) is 74.6 Å². The maximum atomic E-state index is 11.9. The van der Waals surface area contributed by atoms with E-state index in [1.54, 1.807) is 31.2 Å². The number of aliphatic hydroxyl groups is 2. The molecule has 1 aromatic rings. The molecule has 1 aromatic carbocycles. The maximum Gasteiger partial charge on any atom is 0.178 e. The second-order valence-electron chi connectivity index (χ2n) is 3.71. The molecule has 1 atom stereocenters. The summed E-state index contributed by atoms with van der Waals surface area (Å²) in [5, 5.41) is 17.7. The number of hydrogen-bond acceptors (Lipinski definition) is 4. The van der Waals surface area contributed by atoms with Gasteiger partial charge < -0.3 is 10.2 Å². The molecule has 1 rings (SSSR count). The fraction of sp³-hybridized carbons (Fsp3) is 0.455. The Kier molecular flexibility index (Phi) is 4.46. The van der Waals surface area contributed by atoms with Crippen LogP contribution in [0.1, 0.15) is 12.0 Å². The van der Waals surface area contributed by atoms with Crippen molar-refractivity contribution in [3.05, 3.63) is 29.8 Å². The quantitative estimate of drug-likeness (QED) is 0.791. The summed E-state index contributed by atoms with van der Waals surface area (Å²) < 4.78 is 23.8. The van der Waals surface area contributed by atoms with Crippen molar-refractivity contribution in [1.82, 2.24) is 0 Å². The molecule has 4 nitrogen and oxygen atoms in total. The first-order chi connectivity index (χ1) is 7.47. The minimum absolute atomic E-state index is 0.0488. The highest BCUT2D eigenvalue weighted by molar-refractivity contribution is 7.91. The molecule has 0 aromatic heterocycles. The van der Waals surface area contributed by atoms with Crippen molar-refractivity contribution in [3.63, 3.8) is 0 Å². The largest absolute Gasteiger partial charge is 0.394 e. The second-order valence-corrected chi connectivity index (χ2v) is 5.79. The van der Waals surface area contributed by atoms with Crippen LogP contribution < -0.4 is 0 Å². The molecule has 0 amide bonds. The minimum atomic E-state index is -3.37. The average Bonchev–Trinajstić information content (AvgIpc) is 2.26. The van der Waals surface area contributed by atoms with Crippen LogP contribution in [0.2, 0.25) is 0 Å². The van der Waals surface area contributed by atoms with Crippen LogP contribution in [-0.4, -0.2) is 37.1 Å². The molecular formula is C11H16O4S. The molecular weight excluding hydrogens is 228 g/mol. The summed E-state index contributed by atoms with van der Waals surface area (Å²) in [5.41, 5.74) is 0.695. The first-order valence-corrected chi connectivity index (χ1v) is 6.70. The Hall–Kier alpha value is -0.910. The predicted molar refractivity (Wildman–Crippen MR) is 60.9 cm³/mol. The number of aliphatic hydroxyl groups excluding tert-OH is 2. The van der Waals surface area contributed by atoms with Gasteiger partial charge in [-0.2, -0.15) is 0 Å². The first-order valence-electron chi connectivity index (χ1n) is 5.04. The second kappa shape index (κ2) is 5.43. The Morgan fingerprint density at radius 3 is 2.50 bits per heavy atom. The van der Waals surface area contributed by atoms with Gasteiger partial charge in [-0.3, -0.25) is 0 Å². The van der Waals surface area contributed by atoms with Gasteiger partial charge in [0.2, 0.25) is 0 Å². The summed E-state index contributed by atoms with van der Waals surface area (Å²) in [5.74, 6) is -0.153. The number of sulfone groups is 1. The van der Waals surface area contributed by atoms with E-state index in [0.717, 1.165) is 0 Å². The molecule has 16 heavy (non-hydrogen) atoms. The minimum Gasteiger partial charge on any atom is -0.394 e. The number of aryl methyl sites for hydroxylation is 1. The molecule has 0 saturated carbocycles. The van der Waals surface area contributed by atoms with Gasteiger partial charge in [0.05, 0.1) is 23.4 Å². The van der Waals surface area contributed by atoms with Crippen LogP contribution in [0.25, 0.3) is 0 Å². The molecule has 0 fully saturated rings. The molecule has 1 unspecified atom stereocenters. The van der Waals surface area contributed by atoms with Crippen LogP contribution >= 0.6 is 0 Å². The summed E-state index contributed by atoms with van der Waals surface area (Å²) in [6, 6.07) is 6.73. The molecule has 0 radical (unpaired) electrons. The number of hydrogen-bond donors (Lipinski definition) is 2. The van der Waals surface area contributed by atoms with E-state index < -0.39 is 22.5 Å². The fourth-order valence-corrected chi connectivity index (χ4v) is 3.04. The number of benzene rings is 1. The van der Waals surface area contributed by atoms with Crippen LogP contribution in [0.5, 0.6) is 0 Å². The fourth-order valence-electron chi connectivity index (χ4n) is 1.40. The predicted octanol–water partition coefficient (Wildman–Crippen LogP) is 0.512. The van der Waals surface area contributed by atoms with Crippen LogP contribution in [0, 0.1) is 6.92 Å². The van der Waals surface area contributed by atoms with Crippen molar-refractivity contribution < 1.29 is 18.6 Å². The van der Waals surface area contributed by atoms with E-state index in [9.17, 15) is 8.42 Å². The summed E-state index contributed by atoms with van der Waals surface area (Å²) in [7, 11) is -3.37. The van der Waals surface area contributed by atoms with Gasteiger partial charge in [0.25, 0.3) is 0 Å². The van der Waals surface area contributed by atoms with Crippen molar-refractivity contribution in [3.8, 4) is 0 Å². The molecule has 0 heterocycles. The van der Waals surface area contributed by atoms with Crippen molar-refractivity contribution >= 4 is 9.84 Å². The van der Waals surface area contributed by atoms with Gasteiger partial charge in [-0.25, -0.2) is 8.42 Å². The Balaban J connectivity index is 2.83. The van der Waals surface area contributed by atoms with E-state index in [1.807, 2.05) is 0 Å². The third kappa shape index (κ3) is 3.30. The van der Waals surface area contributed by atoms with Gasteiger partial charge in [-0.15, -0.1) is 0 Å². The van der Waals surface area contributed by atoms with E-state index >= 15 is 0 Å². The monoisotopic (exact) mass is 244 g/mol. The molecule has 2 N–H and O–H groups in total. The van der Waals surface area contributed by atoms with Gasteiger partial charge in [0.15, 0.2) is 9.84 Å². The zero-order valence-corrected chi connectivity index (χ0v) is 9.94.